The third-order valence-electron chi connectivity index (χ3n) is 3.16. The molecule has 92 valence electrons. The maximum Gasteiger partial charge on any atom is 0.495 e. The van der Waals surface area contributed by atoms with E-state index in [4.69, 9.17) is 12.1 Å². The third-order valence-corrected chi connectivity index (χ3v) is 3.91. The van der Waals surface area contributed by atoms with E-state index in [0.29, 0.717) is 14.7 Å². The summed E-state index contributed by atoms with van der Waals surface area (Å²) in [5.74, 6) is 0. The van der Waals surface area contributed by atoms with E-state index in [9.17, 15) is 0 Å². The summed E-state index contributed by atoms with van der Waals surface area (Å²) in [6, 6.07) is 0.235. The Morgan fingerprint density at radius 3 is 1.94 bits per heavy atom. The molecule has 0 unspecified atom stereocenters. The molecule has 0 atom stereocenters. The van der Waals surface area contributed by atoms with Crippen LogP contribution in [0.4, 0.5) is 0 Å². The van der Waals surface area contributed by atoms with Gasteiger partial charge in [-0.05, 0) is 77.1 Å². The van der Waals surface area contributed by atoms with E-state index in [1.165, 1.54) is 0 Å². The van der Waals surface area contributed by atoms with E-state index in [1.807, 2.05) is 27.7 Å². The molecule has 1 aromatic heterocycles. The molecule has 0 aliphatic carbocycles. The van der Waals surface area contributed by atoms with Crippen molar-refractivity contribution >= 4 is 44.4 Å². The zero-order chi connectivity index (χ0) is 14.6. The van der Waals surface area contributed by atoms with Crippen LogP contribution in [0.25, 0.3) is 0 Å². The second-order valence-electron chi connectivity index (χ2n) is 4.95. The third kappa shape index (κ3) is 2.60. The van der Waals surface area contributed by atoms with Crippen molar-refractivity contribution < 1.29 is 12.1 Å². The predicted octanol–water partition coefficient (Wildman–Crippen LogP) is 2.91. The van der Waals surface area contributed by atoms with Crippen LogP contribution in [0.15, 0.2) is 21.3 Å². The fourth-order valence-electron chi connectivity index (χ4n) is 1.47. The Morgan fingerprint density at radius 1 is 1.12 bits per heavy atom. The smallest absolute Gasteiger partial charge is 0.399 e. The first-order chi connectivity index (χ1) is 8.57. The standard InChI is InChI=1S/C11H14BBr2NO2/c1-10(2)11(3,4)17-12(16-10)7-5-8(13)15-9(14)6-7/h5-6H,1-4H3/i5D,6D. The zero-order valence-electron chi connectivity index (χ0n) is 12.1. The second kappa shape index (κ2) is 4.33. The van der Waals surface area contributed by atoms with Gasteiger partial charge in [0.05, 0.1) is 13.9 Å². The predicted molar refractivity (Wildman–Crippen MR) is 75.4 cm³/mol. The molecule has 1 saturated heterocycles. The highest BCUT2D eigenvalue weighted by Gasteiger charge is 2.51. The van der Waals surface area contributed by atoms with Crippen LogP contribution >= 0.6 is 31.9 Å². The fourth-order valence-corrected chi connectivity index (χ4v) is 2.49. The summed E-state index contributed by atoms with van der Waals surface area (Å²) < 4.78 is 28.6. The Morgan fingerprint density at radius 2 is 1.53 bits per heavy atom. The van der Waals surface area contributed by atoms with E-state index in [-0.39, 0.29) is 12.1 Å². The summed E-state index contributed by atoms with van der Waals surface area (Å²) in [7, 11) is -0.736. The van der Waals surface area contributed by atoms with Crippen LogP contribution < -0.4 is 5.46 Å². The first-order valence-corrected chi connectivity index (χ1v) is 6.83. The highest BCUT2D eigenvalue weighted by molar-refractivity contribution is 9.11. The summed E-state index contributed by atoms with van der Waals surface area (Å²) in [6.07, 6.45) is 0. The van der Waals surface area contributed by atoms with Crippen LogP contribution in [0.5, 0.6) is 0 Å². The Hall–Kier alpha value is 0.0949. The quantitative estimate of drug-likeness (QED) is 0.567. The summed E-state index contributed by atoms with van der Waals surface area (Å²) in [5, 5.41) is 0. The molecule has 0 aromatic carbocycles. The lowest BCUT2D eigenvalue weighted by molar-refractivity contribution is 0.00578. The maximum absolute atomic E-state index is 8.05. The molecule has 0 amide bonds. The lowest BCUT2D eigenvalue weighted by Crippen LogP contribution is -2.41. The first-order valence-electron chi connectivity index (χ1n) is 6.24. The molecule has 0 spiro atoms. The normalized spacial score (nSPS) is 23.5. The SMILES string of the molecule is [2H]c1c(Br)nc(Br)c([2H])c1B1OC(C)(C)C(C)(C)O1. The number of aromatic nitrogens is 1. The molecular formula is C11H14BBr2NO2. The Bertz CT molecular complexity index is 498. The number of pyridine rings is 1. The molecule has 3 nitrogen and oxygen atoms in total. The van der Waals surface area contributed by atoms with Gasteiger partial charge >= 0.3 is 7.12 Å². The Balaban J connectivity index is 2.51. The number of hydrogen-bond acceptors (Lipinski definition) is 3. The minimum absolute atomic E-state index is 0.117. The van der Waals surface area contributed by atoms with E-state index >= 15 is 0 Å². The lowest BCUT2D eigenvalue weighted by Gasteiger charge is -2.32. The van der Waals surface area contributed by atoms with Gasteiger partial charge in [-0.2, -0.15) is 0 Å². The van der Waals surface area contributed by atoms with E-state index < -0.39 is 18.3 Å². The molecule has 17 heavy (non-hydrogen) atoms. The largest absolute Gasteiger partial charge is 0.495 e. The van der Waals surface area contributed by atoms with Gasteiger partial charge in [0, 0.05) is 0 Å². The molecule has 2 rings (SSSR count). The van der Waals surface area contributed by atoms with Gasteiger partial charge in [-0.15, -0.1) is 0 Å². The van der Waals surface area contributed by atoms with Crippen molar-refractivity contribution in [3.63, 3.8) is 0 Å². The molecule has 0 radical (unpaired) electrons. The van der Waals surface area contributed by atoms with Gasteiger partial charge in [-0.1, -0.05) is 0 Å². The topological polar surface area (TPSA) is 31.4 Å². The van der Waals surface area contributed by atoms with E-state index in [0.717, 1.165) is 0 Å². The number of nitrogens with zero attached hydrogens (tertiary/aromatic N) is 1. The molecule has 1 fully saturated rings. The zero-order valence-corrected chi connectivity index (χ0v) is 13.3. The summed E-state index contributed by atoms with van der Waals surface area (Å²) in [6.45, 7) is 7.74. The molecule has 2 heterocycles. The monoisotopic (exact) mass is 363 g/mol. The van der Waals surface area contributed by atoms with Crippen LogP contribution in [-0.4, -0.2) is 23.3 Å². The minimum atomic E-state index is -0.736. The molecule has 1 aromatic rings. The van der Waals surface area contributed by atoms with E-state index in [2.05, 4.69) is 36.8 Å². The number of rotatable bonds is 1. The Labute approximate surface area is 121 Å². The average molecular weight is 365 g/mol. The molecule has 0 bridgehead atoms. The van der Waals surface area contributed by atoms with E-state index in [1.54, 1.807) is 0 Å². The van der Waals surface area contributed by atoms with Crippen molar-refractivity contribution in [1.82, 2.24) is 4.98 Å². The van der Waals surface area contributed by atoms with Gasteiger partial charge in [-0.25, -0.2) is 4.98 Å². The summed E-state index contributed by atoms with van der Waals surface area (Å²) >= 11 is 6.42. The van der Waals surface area contributed by atoms with Crippen LogP contribution in [0.1, 0.15) is 30.4 Å². The number of hydrogen-bond donors (Lipinski definition) is 0. The Kier molecular flexibility index (Phi) is 2.79. The highest BCUT2D eigenvalue weighted by Crippen LogP contribution is 2.36. The molecule has 6 heteroatoms. The van der Waals surface area contributed by atoms with Crippen LogP contribution in [0.2, 0.25) is 0 Å². The lowest BCUT2D eigenvalue weighted by atomic mass is 9.80. The first kappa shape index (κ1) is 11.0. The molecule has 0 N–H and O–H groups in total. The van der Waals surface area contributed by atoms with Gasteiger partial charge in [0.15, 0.2) is 0 Å². The van der Waals surface area contributed by atoms with Gasteiger partial charge in [0.2, 0.25) is 0 Å². The van der Waals surface area contributed by atoms with Crippen molar-refractivity contribution in [1.29, 1.82) is 0 Å². The maximum atomic E-state index is 8.05. The van der Waals surface area contributed by atoms with Crippen LogP contribution in [0.3, 0.4) is 0 Å². The average Bonchev–Trinajstić information content (AvgIpc) is 2.45. The van der Waals surface area contributed by atoms with Crippen molar-refractivity contribution in [3.8, 4) is 0 Å². The minimum Gasteiger partial charge on any atom is -0.399 e. The highest BCUT2D eigenvalue weighted by atomic mass is 79.9. The molecule has 1 aliphatic heterocycles. The van der Waals surface area contributed by atoms with Gasteiger partial charge < -0.3 is 9.31 Å². The van der Waals surface area contributed by atoms with Crippen molar-refractivity contribution in [2.45, 2.75) is 38.9 Å². The second-order valence-corrected chi connectivity index (χ2v) is 6.45. The summed E-state index contributed by atoms with van der Waals surface area (Å²) in [4.78, 5) is 4.02. The van der Waals surface area contributed by atoms with Crippen LogP contribution in [0, 0.1) is 0 Å². The number of halogens is 2. The van der Waals surface area contributed by atoms with Crippen LogP contribution in [-0.2, 0) is 9.31 Å². The van der Waals surface area contributed by atoms with Crippen molar-refractivity contribution in [3.05, 3.63) is 21.3 Å². The van der Waals surface area contributed by atoms with Crippen molar-refractivity contribution in [2.75, 3.05) is 0 Å². The molecular weight excluding hydrogens is 349 g/mol. The van der Waals surface area contributed by atoms with Gasteiger partial charge in [-0.3, -0.25) is 0 Å². The van der Waals surface area contributed by atoms with Gasteiger partial charge in [0.25, 0.3) is 0 Å². The summed E-state index contributed by atoms with van der Waals surface area (Å²) in [5.41, 5.74) is -0.621. The van der Waals surface area contributed by atoms with Crippen molar-refractivity contribution in [2.24, 2.45) is 0 Å². The fraction of sp³-hybridized carbons (Fsp3) is 0.545. The molecule has 1 aliphatic rings. The van der Waals surface area contributed by atoms with Gasteiger partial charge in [0.1, 0.15) is 9.21 Å². The molecule has 0 saturated carbocycles.